The predicted molar refractivity (Wildman–Crippen MR) is 105 cm³/mol. The minimum Gasteiger partial charge on any atom is -0.490 e. The maximum absolute atomic E-state index is 14.2. The molecule has 1 aromatic carbocycles. The average molecular weight is 397 g/mol. The van der Waals surface area contributed by atoms with Crippen LogP contribution in [0.5, 0.6) is 5.75 Å². The van der Waals surface area contributed by atoms with Crippen molar-refractivity contribution in [2.45, 2.75) is 32.7 Å². The Hall–Kier alpha value is -3.16. The molecular formula is C21H21F2N5O. The molecule has 150 valence electrons. The molecule has 0 aliphatic carbocycles. The summed E-state index contributed by atoms with van der Waals surface area (Å²) >= 11 is 0. The molecule has 0 radical (unpaired) electrons. The molecule has 0 saturated carbocycles. The Morgan fingerprint density at radius 1 is 1.14 bits per heavy atom. The molecular weight excluding hydrogens is 376 g/mol. The Morgan fingerprint density at radius 2 is 1.93 bits per heavy atom. The van der Waals surface area contributed by atoms with Crippen molar-refractivity contribution >= 4 is 5.69 Å². The molecule has 3 heterocycles. The lowest BCUT2D eigenvalue weighted by atomic mass is 9.98. The molecule has 0 amide bonds. The molecule has 6 nitrogen and oxygen atoms in total. The Morgan fingerprint density at radius 3 is 2.69 bits per heavy atom. The minimum atomic E-state index is -0.955. The van der Waals surface area contributed by atoms with Crippen molar-refractivity contribution in [2.75, 3.05) is 18.1 Å². The van der Waals surface area contributed by atoms with E-state index in [4.69, 9.17) is 4.74 Å². The van der Waals surface area contributed by atoms with Crippen molar-refractivity contribution in [3.05, 3.63) is 59.7 Å². The first-order valence-electron chi connectivity index (χ1n) is 9.60. The van der Waals surface area contributed by atoms with Crippen LogP contribution in [0.15, 0.2) is 36.8 Å². The zero-order valence-electron chi connectivity index (χ0n) is 16.3. The molecule has 29 heavy (non-hydrogen) atoms. The van der Waals surface area contributed by atoms with Crippen molar-refractivity contribution in [3.63, 3.8) is 0 Å². The highest BCUT2D eigenvalue weighted by molar-refractivity contribution is 5.55. The van der Waals surface area contributed by atoms with Gasteiger partial charge in [0, 0.05) is 54.9 Å². The van der Waals surface area contributed by atoms with Crippen molar-refractivity contribution in [1.29, 1.82) is 0 Å². The second-order valence-electron chi connectivity index (χ2n) is 6.88. The maximum atomic E-state index is 14.2. The van der Waals surface area contributed by atoms with Gasteiger partial charge in [0.05, 0.1) is 18.3 Å². The molecule has 3 aromatic rings. The number of hydrogen-bond acceptors (Lipinski definition) is 6. The maximum Gasteiger partial charge on any atom is 0.200 e. The lowest BCUT2D eigenvalue weighted by molar-refractivity contribution is 0.295. The van der Waals surface area contributed by atoms with Gasteiger partial charge in [0.1, 0.15) is 0 Å². The van der Waals surface area contributed by atoms with Gasteiger partial charge in [-0.3, -0.25) is 0 Å². The van der Waals surface area contributed by atoms with E-state index in [0.29, 0.717) is 43.3 Å². The Balaban J connectivity index is 1.64. The second-order valence-corrected chi connectivity index (χ2v) is 6.88. The first-order chi connectivity index (χ1) is 14.1. The van der Waals surface area contributed by atoms with E-state index in [1.165, 1.54) is 6.07 Å². The molecule has 0 fully saturated rings. The van der Waals surface area contributed by atoms with Crippen LogP contribution >= 0.6 is 0 Å². The second kappa shape index (κ2) is 8.06. The van der Waals surface area contributed by atoms with Crippen LogP contribution in [-0.4, -0.2) is 33.1 Å². The summed E-state index contributed by atoms with van der Waals surface area (Å²) in [5.41, 5.74) is 2.43. The van der Waals surface area contributed by atoms with E-state index in [9.17, 15) is 8.78 Å². The number of rotatable bonds is 5. The number of ether oxygens (including phenoxy) is 1. The summed E-state index contributed by atoms with van der Waals surface area (Å²) in [5.74, 6) is -0.980. The van der Waals surface area contributed by atoms with Gasteiger partial charge in [0.2, 0.25) is 5.82 Å². The molecule has 0 N–H and O–H groups in total. The summed E-state index contributed by atoms with van der Waals surface area (Å²) in [6, 6.07) is 4.40. The van der Waals surface area contributed by atoms with Crippen LogP contribution in [0.4, 0.5) is 14.5 Å². The van der Waals surface area contributed by atoms with Crippen LogP contribution < -0.4 is 9.64 Å². The molecule has 4 rings (SSSR count). The number of fused-ring (bicyclic) bond motifs is 1. The zero-order valence-corrected chi connectivity index (χ0v) is 16.3. The Labute approximate surface area is 167 Å². The largest absolute Gasteiger partial charge is 0.490 e. The van der Waals surface area contributed by atoms with Crippen molar-refractivity contribution in [1.82, 2.24) is 19.9 Å². The van der Waals surface area contributed by atoms with Gasteiger partial charge in [0.25, 0.3) is 0 Å². The van der Waals surface area contributed by atoms with Gasteiger partial charge in [0.15, 0.2) is 23.2 Å². The van der Waals surface area contributed by atoms with Gasteiger partial charge in [-0.15, -0.1) is 0 Å². The first kappa shape index (κ1) is 19.2. The third-order valence-corrected chi connectivity index (χ3v) is 4.95. The van der Waals surface area contributed by atoms with Crippen LogP contribution in [0.1, 0.15) is 37.6 Å². The fraction of sp³-hybridized carbons (Fsp3) is 0.333. The lowest BCUT2D eigenvalue weighted by Crippen LogP contribution is -2.35. The summed E-state index contributed by atoms with van der Waals surface area (Å²) in [4.78, 5) is 19.4. The zero-order chi connectivity index (χ0) is 20.4. The number of nitrogens with zero attached hydrogens (tertiary/aromatic N) is 5. The number of anilines is 1. The van der Waals surface area contributed by atoms with E-state index < -0.39 is 11.6 Å². The predicted octanol–water partition coefficient (Wildman–Crippen LogP) is 4.12. The average Bonchev–Trinajstić information content (AvgIpc) is 2.75. The summed E-state index contributed by atoms with van der Waals surface area (Å²) in [7, 11) is 0. The van der Waals surface area contributed by atoms with Crippen LogP contribution in [0.3, 0.4) is 0 Å². The van der Waals surface area contributed by atoms with E-state index in [1.807, 2.05) is 18.7 Å². The van der Waals surface area contributed by atoms with Gasteiger partial charge in [-0.25, -0.2) is 24.3 Å². The molecule has 1 aliphatic rings. The van der Waals surface area contributed by atoms with Gasteiger partial charge >= 0.3 is 0 Å². The van der Waals surface area contributed by atoms with Crippen molar-refractivity contribution < 1.29 is 13.5 Å². The number of benzene rings is 1. The number of aromatic nitrogens is 4. The van der Waals surface area contributed by atoms with Crippen molar-refractivity contribution in [3.8, 4) is 17.4 Å². The summed E-state index contributed by atoms with van der Waals surface area (Å²) in [5, 5.41) is 0. The Kier molecular flexibility index (Phi) is 5.33. The SMILES string of the molecule is CCCOc1cc(N2CCc3nc(-c4ncccn4)ncc3C2C)cc(F)c1F. The number of halogens is 2. The standard InChI is InChI=1S/C21H21F2N5O/c1-3-9-29-18-11-14(10-16(22)19(18)23)28-8-5-17-15(13(28)2)12-26-21(27-17)20-24-6-4-7-25-20/h4,6-7,10-13H,3,5,8-9H2,1-2H3. The molecule has 2 aromatic heterocycles. The first-order valence-corrected chi connectivity index (χ1v) is 9.60. The van der Waals surface area contributed by atoms with Crippen LogP contribution in [-0.2, 0) is 6.42 Å². The van der Waals surface area contributed by atoms with E-state index in [0.717, 1.165) is 11.3 Å². The normalized spacial score (nSPS) is 15.9. The molecule has 8 heteroatoms. The molecule has 0 bridgehead atoms. The van der Waals surface area contributed by atoms with Crippen molar-refractivity contribution in [2.24, 2.45) is 0 Å². The molecule has 0 spiro atoms. The molecule has 1 atom stereocenters. The third kappa shape index (κ3) is 3.74. The van der Waals surface area contributed by atoms with Gasteiger partial charge in [-0.2, -0.15) is 4.39 Å². The van der Waals surface area contributed by atoms with Gasteiger partial charge in [-0.05, 0) is 19.4 Å². The van der Waals surface area contributed by atoms with E-state index in [2.05, 4.69) is 19.9 Å². The Bertz CT molecular complexity index is 1020. The molecule has 1 unspecified atom stereocenters. The molecule has 1 aliphatic heterocycles. The summed E-state index contributed by atoms with van der Waals surface area (Å²) < 4.78 is 33.6. The highest BCUT2D eigenvalue weighted by Crippen LogP contribution is 2.36. The fourth-order valence-electron chi connectivity index (χ4n) is 3.47. The monoisotopic (exact) mass is 397 g/mol. The topological polar surface area (TPSA) is 64.0 Å². The fourth-order valence-corrected chi connectivity index (χ4v) is 3.47. The van der Waals surface area contributed by atoms with Gasteiger partial charge < -0.3 is 9.64 Å². The minimum absolute atomic E-state index is 0.0623. The summed E-state index contributed by atoms with van der Waals surface area (Å²) in [6.07, 6.45) is 6.42. The number of hydrogen-bond donors (Lipinski definition) is 0. The summed E-state index contributed by atoms with van der Waals surface area (Å²) in [6.45, 7) is 4.85. The van der Waals surface area contributed by atoms with E-state index in [-0.39, 0.29) is 11.8 Å². The van der Waals surface area contributed by atoms with E-state index in [1.54, 1.807) is 30.7 Å². The smallest absolute Gasteiger partial charge is 0.200 e. The van der Waals surface area contributed by atoms with Gasteiger partial charge in [-0.1, -0.05) is 6.92 Å². The third-order valence-electron chi connectivity index (χ3n) is 4.95. The van der Waals surface area contributed by atoms with Crippen LogP contribution in [0.25, 0.3) is 11.6 Å². The highest BCUT2D eigenvalue weighted by atomic mass is 19.2. The lowest BCUT2D eigenvalue weighted by Gasteiger charge is -2.36. The molecule has 0 saturated heterocycles. The quantitative estimate of drug-likeness (QED) is 0.645. The highest BCUT2D eigenvalue weighted by Gasteiger charge is 2.28. The van der Waals surface area contributed by atoms with E-state index >= 15 is 0 Å². The van der Waals surface area contributed by atoms with Crippen LogP contribution in [0, 0.1) is 11.6 Å². The van der Waals surface area contributed by atoms with Crippen LogP contribution in [0.2, 0.25) is 0 Å².